The molecule has 3 rings (SSSR count). The normalized spacial score (nSPS) is 10.9. The molecule has 0 bridgehead atoms. The van der Waals surface area contributed by atoms with Gasteiger partial charge in [-0.1, -0.05) is 11.6 Å². The fraction of sp³-hybridized carbons (Fsp3) is 0.263. The third-order valence-electron chi connectivity index (χ3n) is 4.26. The molecule has 0 radical (unpaired) electrons. The number of thiophene rings is 1. The molecule has 4 nitrogen and oxygen atoms in total. The summed E-state index contributed by atoms with van der Waals surface area (Å²) >= 11 is 7.89. The second-order valence-electron chi connectivity index (χ2n) is 6.13. The van der Waals surface area contributed by atoms with E-state index in [1.165, 1.54) is 10.4 Å². The minimum absolute atomic E-state index is 0.00532. The van der Waals surface area contributed by atoms with Gasteiger partial charge in [0.25, 0.3) is 5.91 Å². The highest BCUT2D eigenvalue weighted by Gasteiger charge is 2.15. The third kappa shape index (κ3) is 3.48. The molecular formula is C19H20ClN3OS. The zero-order valence-electron chi connectivity index (χ0n) is 14.7. The van der Waals surface area contributed by atoms with Gasteiger partial charge in [-0.15, -0.1) is 11.3 Å². The van der Waals surface area contributed by atoms with E-state index in [0.717, 1.165) is 17.1 Å². The van der Waals surface area contributed by atoms with Crippen LogP contribution in [0, 0.1) is 20.8 Å². The quantitative estimate of drug-likeness (QED) is 0.659. The predicted octanol–water partition coefficient (Wildman–Crippen LogP) is 4.78. The van der Waals surface area contributed by atoms with Gasteiger partial charge in [0, 0.05) is 17.5 Å². The summed E-state index contributed by atoms with van der Waals surface area (Å²) in [5, 5.41) is 7.17. The van der Waals surface area contributed by atoms with Crippen LogP contribution in [0.25, 0.3) is 5.69 Å². The average Bonchev–Trinajstić information content (AvgIpc) is 3.12. The van der Waals surface area contributed by atoms with Crippen molar-refractivity contribution in [1.82, 2.24) is 14.7 Å². The van der Waals surface area contributed by atoms with E-state index < -0.39 is 0 Å². The summed E-state index contributed by atoms with van der Waals surface area (Å²) in [7, 11) is 1.83. The molecule has 0 spiro atoms. The number of aromatic nitrogens is 2. The highest BCUT2D eigenvalue weighted by Crippen LogP contribution is 2.23. The molecule has 0 aliphatic rings. The molecule has 2 heterocycles. The molecule has 0 unspecified atom stereocenters. The Hall–Kier alpha value is -2.11. The largest absolute Gasteiger partial charge is 0.337 e. The lowest BCUT2D eigenvalue weighted by atomic mass is 10.1. The minimum Gasteiger partial charge on any atom is -0.337 e. The van der Waals surface area contributed by atoms with E-state index in [1.54, 1.807) is 20.9 Å². The van der Waals surface area contributed by atoms with Gasteiger partial charge < -0.3 is 4.90 Å². The summed E-state index contributed by atoms with van der Waals surface area (Å²) < 4.78 is 1.80. The number of rotatable bonds is 4. The zero-order valence-corrected chi connectivity index (χ0v) is 16.3. The van der Waals surface area contributed by atoms with E-state index in [4.69, 9.17) is 11.6 Å². The van der Waals surface area contributed by atoms with E-state index in [2.05, 4.69) is 23.5 Å². The van der Waals surface area contributed by atoms with E-state index >= 15 is 0 Å². The Balaban J connectivity index is 1.78. The number of carbonyl (C=O) groups excluding carboxylic acids is 1. The summed E-state index contributed by atoms with van der Waals surface area (Å²) in [6.07, 6.45) is 0. The van der Waals surface area contributed by atoms with Gasteiger partial charge >= 0.3 is 0 Å². The van der Waals surface area contributed by atoms with Crippen LogP contribution in [0.4, 0.5) is 0 Å². The first-order chi connectivity index (χ1) is 11.9. The van der Waals surface area contributed by atoms with Gasteiger partial charge in [-0.3, -0.25) is 4.79 Å². The van der Waals surface area contributed by atoms with Crippen molar-refractivity contribution in [2.24, 2.45) is 0 Å². The van der Waals surface area contributed by atoms with Crippen LogP contribution in [-0.4, -0.2) is 27.6 Å². The first-order valence-electron chi connectivity index (χ1n) is 7.99. The number of benzene rings is 1. The van der Waals surface area contributed by atoms with Crippen LogP contribution in [0.3, 0.4) is 0 Å². The summed E-state index contributed by atoms with van der Waals surface area (Å²) in [5.74, 6) is 0.00532. The molecule has 0 aliphatic carbocycles. The molecule has 2 aromatic heterocycles. The van der Waals surface area contributed by atoms with Gasteiger partial charge in [0.15, 0.2) is 0 Å². The molecule has 0 N–H and O–H groups in total. The van der Waals surface area contributed by atoms with E-state index in [0.29, 0.717) is 17.1 Å². The maximum Gasteiger partial charge on any atom is 0.253 e. The first-order valence-corrected chi connectivity index (χ1v) is 9.25. The van der Waals surface area contributed by atoms with Crippen LogP contribution in [-0.2, 0) is 6.54 Å². The van der Waals surface area contributed by atoms with E-state index in [1.807, 2.05) is 45.2 Å². The van der Waals surface area contributed by atoms with Gasteiger partial charge in [-0.25, -0.2) is 4.68 Å². The molecule has 0 saturated heterocycles. The molecule has 25 heavy (non-hydrogen) atoms. The maximum absolute atomic E-state index is 12.6. The van der Waals surface area contributed by atoms with Crippen molar-refractivity contribution in [2.75, 3.05) is 7.05 Å². The molecule has 0 saturated carbocycles. The molecule has 130 valence electrons. The van der Waals surface area contributed by atoms with Crippen molar-refractivity contribution in [3.05, 3.63) is 68.1 Å². The number of halogens is 1. The van der Waals surface area contributed by atoms with Gasteiger partial charge in [0.05, 0.1) is 28.6 Å². The summed E-state index contributed by atoms with van der Waals surface area (Å²) in [4.78, 5) is 15.6. The molecule has 0 aliphatic heterocycles. The highest BCUT2D eigenvalue weighted by atomic mass is 35.5. The van der Waals surface area contributed by atoms with Crippen molar-refractivity contribution in [1.29, 1.82) is 0 Å². The molecule has 3 aromatic rings. The van der Waals surface area contributed by atoms with Crippen LogP contribution in [0.15, 0.2) is 35.7 Å². The average molecular weight is 374 g/mol. The Morgan fingerprint density at radius 3 is 2.40 bits per heavy atom. The van der Waals surface area contributed by atoms with Gasteiger partial charge in [0.1, 0.15) is 0 Å². The monoisotopic (exact) mass is 373 g/mol. The molecule has 1 amide bonds. The lowest BCUT2D eigenvalue weighted by Gasteiger charge is -2.17. The van der Waals surface area contributed by atoms with Gasteiger partial charge in [-0.05, 0) is 62.0 Å². The molecule has 1 aromatic carbocycles. The Morgan fingerprint density at radius 2 is 1.88 bits per heavy atom. The fourth-order valence-corrected chi connectivity index (χ4v) is 3.77. The molecule has 0 fully saturated rings. The second kappa shape index (κ2) is 7.02. The Kier molecular flexibility index (Phi) is 4.97. The van der Waals surface area contributed by atoms with Crippen LogP contribution < -0.4 is 0 Å². The number of amides is 1. The van der Waals surface area contributed by atoms with E-state index in [9.17, 15) is 4.79 Å². The minimum atomic E-state index is 0.00532. The highest BCUT2D eigenvalue weighted by molar-refractivity contribution is 7.10. The smallest absolute Gasteiger partial charge is 0.253 e. The van der Waals surface area contributed by atoms with Crippen molar-refractivity contribution < 1.29 is 4.79 Å². The van der Waals surface area contributed by atoms with Crippen molar-refractivity contribution >= 4 is 28.8 Å². The number of aryl methyl sites for hydroxylation is 2. The zero-order chi connectivity index (χ0) is 18.1. The third-order valence-corrected chi connectivity index (χ3v) is 5.81. The maximum atomic E-state index is 12.6. The molecular weight excluding hydrogens is 354 g/mol. The predicted molar refractivity (Wildman–Crippen MR) is 103 cm³/mol. The SMILES string of the molecule is Cc1ccsc1CN(C)C(=O)c1ccc(-n2nc(C)c(Cl)c2C)cc1. The van der Waals surface area contributed by atoms with Crippen LogP contribution in [0.2, 0.25) is 5.02 Å². The number of hydrogen-bond donors (Lipinski definition) is 0. The van der Waals surface area contributed by atoms with Crippen molar-refractivity contribution in [3.63, 3.8) is 0 Å². The lowest BCUT2D eigenvalue weighted by molar-refractivity contribution is 0.0786. The summed E-state index contributed by atoms with van der Waals surface area (Å²) in [6.45, 7) is 6.50. The van der Waals surface area contributed by atoms with Crippen molar-refractivity contribution in [2.45, 2.75) is 27.3 Å². The summed E-state index contributed by atoms with van der Waals surface area (Å²) in [5.41, 5.74) is 4.46. The lowest BCUT2D eigenvalue weighted by Crippen LogP contribution is -2.26. The number of hydrogen-bond acceptors (Lipinski definition) is 3. The van der Waals surface area contributed by atoms with Gasteiger partial charge in [0.2, 0.25) is 0 Å². The van der Waals surface area contributed by atoms with Crippen LogP contribution in [0.5, 0.6) is 0 Å². The molecule has 6 heteroatoms. The topological polar surface area (TPSA) is 38.1 Å². The van der Waals surface area contributed by atoms with E-state index in [-0.39, 0.29) is 5.91 Å². The summed E-state index contributed by atoms with van der Waals surface area (Å²) in [6, 6.07) is 9.53. The number of nitrogens with zero attached hydrogens (tertiary/aromatic N) is 3. The number of carbonyl (C=O) groups is 1. The van der Waals surface area contributed by atoms with Gasteiger partial charge in [-0.2, -0.15) is 5.10 Å². The standard InChI is InChI=1S/C19H20ClN3OS/c1-12-9-10-25-17(12)11-22(4)19(24)15-5-7-16(8-6-15)23-14(3)18(20)13(2)21-23/h5-10H,11H2,1-4H3. The van der Waals surface area contributed by atoms with Crippen LogP contribution in [0.1, 0.15) is 32.2 Å². The Bertz CT molecular complexity index is 911. The molecule has 0 atom stereocenters. The Morgan fingerprint density at radius 1 is 1.20 bits per heavy atom. The first kappa shape index (κ1) is 17.7. The Labute approximate surface area is 156 Å². The second-order valence-corrected chi connectivity index (χ2v) is 7.51. The fourth-order valence-electron chi connectivity index (χ4n) is 2.69. The van der Waals surface area contributed by atoms with Crippen LogP contribution >= 0.6 is 22.9 Å². The van der Waals surface area contributed by atoms with Crippen molar-refractivity contribution in [3.8, 4) is 5.69 Å².